The number of nitrogens with one attached hydrogen (secondary N) is 1. The summed E-state index contributed by atoms with van der Waals surface area (Å²) in [6.45, 7) is 6.09. The fourth-order valence-electron chi connectivity index (χ4n) is 2.99. The van der Waals surface area contributed by atoms with Crippen molar-refractivity contribution in [2.75, 3.05) is 18.8 Å². The van der Waals surface area contributed by atoms with Crippen molar-refractivity contribution >= 4 is 17.9 Å². The van der Waals surface area contributed by atoms with Crippen LogP contribution in [0.5, 0.6) is 0 Å². The van der Waals surface area contributed by atoms with E-state index in [-0.39, 0.29) is 17.3 Å². The van der Waals surface area contributed by atoms with Gasteiger partial charge in [-0.1, -0.05) is 31.2 Å². The Morgan fingerprint density at radius 2 is 2.25 bits per heavy atom. The number of allylic oxidation sites excluding steroid dienone is 2. The lowest BCUT2D eigenvalue weighted by Gasteiger charge is -2.18. The lowest BCUT2D eigenvalue weighted by atomic mass is 9.96. The molecule has 0 aliphatic heterocycles. The van der Waals surface area contributed by atoms with Gasteiger partial charge in [0, 0.05) is 12.8 Å². The first-order chi connectivity index (χ1) is 13.6. The minimum absolute atomic E-state index is 0.0704. The van der Waals surface area contributed by atoms with Crippen molar-refractivity contribution in [2.24, 2.45) is 11.0 Å². The number of carbonyl (C=O) groups is 1. The molecular weight excluding hydrogens is 362 g/mol. The number of aromatic nitrogens is 5. The molecule has 0 saturated carbocycles. The topological polar surface area (TPSA) is 140 Å². The number of hydrogen-bond donors (Lipinski definition) is 2. The van der Waals surface area contributed by atoms with Crippen molar-refractivity contribution in [3.8, 4) is 5.82 Å². The third-order valence-electron chi connectivity index (χ3n) is 4.70. The molecule has 3 N–H and O–H groups in total. The second-order valence-electron chi connectivity index (χ2n) is 6.49. The van der Waals surface area contributed by atoms with E-state index in [0.717, 1.165) is 32.4 Å². The molecule has 0 spiro atoms. The van der Waals surface area contributed by atoms with E-state index in [2.05, 4.69) is 52.8 Å². The Bertz CT molecular complexity index is 851. The average molecular weight is 387 g/mol. The van der Waals surface area contributed by atoms with Gasteiger partial charge in [0.15, 0.2) is 5.69 Å². The van der Waals surface area contributed by atoms with E-state index >= 15 is 0 Å². The molecule has 28 heavy (non-hydrogen) atoms. The first-order valence-corrected chi connectivity index (χ1v) is 9.37. The van der Waals surface area contributed by atoms with Crippen molar-refractivity contribution in [3.63, 3.8) is 0 Å². The SMILES string of the molecule is CCN(CC)Cc1c(C(=O)NN=CC2CC=CCC2)nnn1-c1nonc1N. The number of rotatable bonds is 8. The summed E-state index contributed by atoms with van der Waals surface area (Å²) in [5.74, 6) is 0.162. The Hall–Kier alpha value is -3.08. The van der Waals surface area contributed by atoms with Crippen LogP contribution in [0.25, 0.3) is 5.82 Å². The molecule has 1 atom stereocenters. The van der Waals surface area contributed by atoms with Gasteiger partial charge in [-0.3, -0.25) is 9.69 Å². The molecule has 1 aliphatic rings. The lowest BCUT2D eigenvalue weighted by Crippen LogP contribution is -2.27. The summed E-state index contributed by atoms with van der Waals surface area (Å²) in [6, 6.07) is 0. The standard InChI is InChI=1S/C17H25N9O2/c1-3-25(4-2)11-13-14(20-24-26(13)16-15(18)22-28-23-16)17(27)21-19-10-12-8-6-5-7-9-12/h5-6,10,12H,3-4,7-9,11H2,1-2H3,(H2,18,22)(H,21,27). The Balaban J connectivity index is 1.81. The molecule has 1 aliphatic carbocycles. The maximum atomic E-state index is 12.7. The Kier molecular flexibility index (Phi) is 6.48. The normalized spacial score (nSPS) is 16.9. The number of hydrazone groups is 1. The molecule has 0 bridgehead atoms. The van der Waals surface area contributed by atoms with Crippen LogP contribution in [0.3, 0.4) is 0 Å². The van der Waals surface area contributed by atoms with Crippen molar-refractivity contribution in [2.45, 2.75) is 39.7 Å². The van der Waals surface area contributed by atoms with Crippen LogP contribution in [0.1, 0.15) is 49.3 Å². The predicted molar refractivity (Wildman–Crippen MR) is 103 cm³/mol. The smallest absolute Gasteiger partial charge is 0.293 e. The van der Waals surface area contributed by atoms with Gasteiger partial charge in [-0.2, -0.15) is 9.78 Å². The first-order valence-electron chi connectivity index (χ1n) is 9.37. The highest BCUT2D eigenvalue weighted by Crippen LogP contribution is 2.18. The maximum Gasteiger partial charge on any atom is 0.293 e. The number of amides is 1. The lowest BCUT2D eigenvalue weighted by molar-refractivity contribution is 0.0947. The van der Waals surface area contributed by atoms with Crippen molar-refractivity contribution in [1.82, 2.24) is 35.6 Å². The van der Waals surface area contributed by atoms with E-state index in [1.54, 1.807) is 6.21 Å². The summed E-state index contributed by atoms with van der Waals surface area (Å²) >= 11 is 0. The first kappa shape index (κ1) is 19.7. The van der Waals surface area contributed by atoms with Gasteiger partial charge in [0.25, 0.3) is 5.91 Å². The molecule has 1 unspecified atom stereocenters. The molecule has 1 amide bonds. The number of nitrogens with zero attached hydrogens (tertiary/aromatic N) is 7. The van der Waals surface area contributed by atoms with Crippen molar-refractivity contribution in [1.29, 1.82) is 0 Å². The van der Waals surface area contributed by atoms with Gasteiger partial charge < -0.3 is 5.73 Å². The van der Waals surface area contributed by atoms with E-state index in [9.17, 15) is 4.79 Å². The summed E-state index contributed by atoms with van der Waals surface area (Å²) in [6.07, 6.45) is 9.05. The number of carbonyl (C=O) groups excluding carboxylic acids is 1. The number of anilines is 1. The van der Waals surface area contributed by atoms with Gasteiger partial charge in [0.2, 0.25) is 11.6 Å². The van der Waals surface area contributed by atoms with Crippen LogP contribution >= 0.6 is 0 Å². The van der Waals surface area contributed by atoms with Gasteiger partial charge in [-0.25, -0.2) is 10.1 Å². The minimum Gasteiger partial charge on any atom is -0.378 e. The molecule has 0 radical (unpaired) electrons. The van der Waals surface area contributed by atoms with E-state index in [4.69, 9.17) is 5.73 Å². The minimum atomic E-state index is -0.439. The van der Waals surface area contributed by atoms with Crippen molar-refractivity contribution < 1.29 is 9.42 Å². The molecule has 150 valence electrons. The second-order valence-corrected chi connectivity index (χ2v) is 6.49. The molecule has 2 aromatic rings. The Morgan fingerprint density at radius 3 is 2.89 bits per heavy atom. The fourth-order valence-corrected chi connectivity index (χ4v) is 2.99. The maximum absolute atomic E-state index is 12.7. The molecule has 2 aromatic heterocycles. The van der Waals surface area contributed by atoms with Gasteiger partial charge in [0.1, 0.15) is 0 Å². The summed E-state index contributed by atoms with van der Waals surface area (Å²) in [5.41, 5.74) is 9.04. The summed E-state index contributed by atoms with van der Waals surface area (Å²) in [5, 5.41) is 19.5. The van der Waals surface area contributed by atoms with Crippen LogP contribution in [0.2, 0.25) is 0 Å². The molecule has 0 fully saturated rings. The average Bonchev–Trinajstić information content (AvgIpc) is 3.32. The molecule has 0 aromatic carbocycles. The quantitative estimate of drug-likeness (QED) is 0.390. The monoisotopic (exact) mass is 387 g/mol. The van der Waals surface area contributed by atoms with E-state index in [1.807, 2.05) is 13.8 Å². The molecule has 3 rings (SSSR count). The van der Waals surface area contributed by atoms with Crippen LogP contribution in [0.4, 0.5) is 5.82 Å². The van der Waals surface area contributed by atoms with Crippen LogP contribution in [0.15, 0.2) is 21.9 Å². The van der Waals surface area contributed by atoms with Crippen LogP contribution in [0, 0.1) is 5.92 Å². The van der Waals surface area contributed by atoms with Crippen LogP contribution < -0.4 is 11.2 Å². The highest BCUT2D eigenvalue weighted by molar-refractivity contribution is 5.93. The predicted octanol–water partition coefficient (Wildman–Crippen LogP) is 1.15. The van der Waals surface area contributed by atoms with Gasteiger partial charge in [-0.15, -0.1) is 5.10 Å². The summed E-state index contributed by atoms with van der Waals surface area (Å²) in [4.78, 5) is 14.8. The fraction of sp³-hybridized carbons (Fsp3) is 0.529. The van der Waals surface area contributed by atoms with E-state index < -0.39 is 5.91 Å². The number of nitrogens with two attached hydrogens (primary N) is 1. The van der Waals surface area contributed by atoms with E-state index in [1.165, 1.54) is 4.68 Å². The molecule has 0 saturated heterocycles. The zero-order chi connectivity index (χ0) is 19.9. The highest BCUT2D eigenvalue weighted by atomic mass is 16.6. The zero-order valence-corrected chi connectivity index (χ0v) is 16.1. The zero-order valence-electron chi connectivity index (χ0n) is 16.1. The third kappa shape index (κ3) is 4.42. The van der Waals surface area contributed by atoms with Gasteiger partial charge >= 0.3 is 0 Å². The molecule has 11 heteroatoms. The van der Waals surface area contributed by atoms with Gasteiger partial charge in [0.05, 0.1) is 5.69 Å². The van der Waals surface area contributed by atoms with Gasteiger partial charge in [-0.05, 0) is 48.6 Å². The molecule has 2 heterocycles. The second kappa shape index (κ2) is 9.22. The Morgan fingerprint density at radius 1 is 1.43 bits per heavy atom. The summed E-state index contributed by atoms with van der Waals surface area (Å²) in [7, 11) is 0. The largest absolute Gasteiger partial charge is 0.378 e. The highest BCUT2D eigenvalue weighted by Gasteiger charge is 2.25. The Labute approximate surface area is 162 Å². The molecule has 11 nitrogen and oxygen atoms in total. The molecular formula is C17H25N9O2. The third-order valence-corrected chi connectivity index (χ3v) is 4.70. The van der Waals surface area contributed by atoms with Crippen molar-refractivity contribution in [3.05, 3.63) is 23.5 Å². The van der Waals surface area contributed by atoms with Crippen LogP contribution in [-0.2, 0) is 6.54 Å². The van der Waals surface area contributed by atoms with Crippen LogP contribution in [-0.4, -0.2) is 55.4 Å². The van der Waals surface area contributed by atoms with E-state index in [0.29, 0.717) is 18.2 Å². The summed E-state index contributed by atoms with van der Waals surface area (Å²) < 4.78 is 6.04. The number of nitrogen functional groups attached to an aromatic ring is 1. The number of hydrogen-bond acceptors (Lipinski definition) is 9.